The molecule has 0 bridgehead atoms. The minimum Gasteiger partial charge on any atom is -0.497 e. The summed E-state index contributed by atoms with van der Waals surface area (Å²) in [5.74, 6) is 2.16. The Morgan fingerprint density at radius 1 is 0.909 bits per heavy atom. The molecule has 22 heavy (non-hydrogen) atoms. The van der Waals surface area contributed by atoms with E-state index in [4.69, 9.17) is 9.47 Å². The van der Waals surface area contributed by atoms with Gasteiger partial charge in [-0.1, -0.05) is 37.3 Å². The van der Waals surface area contributed by atoms with Crippen LogP contribution in [-0.2, 0) is 0 Å². The van der Waals surface area contributed by atoms with E-state index in [2.05, 4.69) is 44.2 Å². The monoisotopic (exact) mass is 296 g/mol. The van der Waals surface area contributed by atoms with E-state index in [1.165, 1.54) is 16.7 Å². The summed E-state index contributed by atoms with van der Waals surface area (Å²) in [6, 6.07) is 16.6. The van der Waals surface area contributed by atoms with Crippen LogP contribution in [0.2, 0.25) is 0 Å². The van der Waals surface area contributed by atoms with E-state index in [1.54, 1.807) is 14.2 Å². The van der Waals surface area contributed by atoms with Gasteiger partial charge in [0.05, 0.1) is 14.2 Å². The zero-order chi connectivity index (χ0) is 15.9. The van der Waals surface area contributed by atoms with Crippen LogP contribution in [0.15, 0.2) is 54.6 Å². The zero-order valence-corrected chi connectivity index (χ0v) is 13.8. The Kier molecular flexibility index (Phi) is 5.65. The van der Waals surface area contributed by atoms with Crippen LogP contribution in [0.5, 0.6) is 11.5 Å². The number of hydrogen-bond acceptors (Lipinski definition) is 2. The highest BCUT2D eigenvalue weighted by atomic mass is 16.5. The van der Waals surface area contributed by atoms with Gasteiger partial charge in [0.1, 0.15) is 11.5 Å². The molecule has 2 heteroatoms. The molecule has 0 saturated carbocycles. The van der Waals surface area contributed by atoms with Crippen molar-refractivity contribution in [3.8, 4) is 11.5 Å². The lowest BCUT2D eigenvalue weighted by atomic mass is 9.84. The number of methoxy groups -OCH3 is 2. The lowest BCUT2D eigenvalue weighted by Gasteiger charge is -2.20. The van der Waals surface area contributed by atoms with Gasteiger partial charge < -0.3 is 9.47 Å². The Hall–Kier alpha value is -2.22. The van der Waals surface area contributed by atoms with E-state index >= 15 is 0 Å². The van der Waals surface area contributed by atoms with Crippen molar-refractivity contribution in [3.05, 3.63) is 65.7 Å². The van der Waals surface area contributed by atoms with Gasteiger partial charge in [-0.25, -0.2) is 0 Å². The number of ether oxygens (including phenoxy) is 2. The van der Waals surface area contributed by atoms with Gasteiger partial charge in [0.15, 0.2) is 0 Å². The van der Waals surface area contributed by atoms with Crippen molar-refractivity contribution >= 4 is 5.57 Å². The van der Waals surface area contributed by atoms with Crippen molar-refractivity contribution in [1.82, 2.24) is 0 Å². The lowest BCUT2D eigenvalue weighted by molar-refractivity contribution is 0.414. The van der Waals surface area contributed by atoms with Crippen LogP contribution in [0.3, 0.4) is 0 Å². The van der Waals surface area contributed by atoms with Crippen molar-refractivity contribution in [3.63, 3.8) is 0 Å². The average Bonchev–Trinajstić information content (AvgIpc) is 2.60. The summed E-state index contributed by atoms with van der Waals surface area (Å²) in [4.78, 5) is 0. The molecule has 2 aromatic carbocycles. The number of rotatable bonds is 6. The largest absolute Gasteiger partial charge is 0.497 e. The van der Waals surface area contributed by atoms with Crippen LogP contribution >= 0.6 is 0 Å². The maximum atomic E-state index is 5.25. The molecule has 2 rings (SSSR count). The molecule has 0 saturated heterocycles. The Morgan fingerprint density at radius 3 is 1.82 bits per heavy atom. The molecule has 0 N–H and O–H groups in total. The summed E-state index contributed by atoms with van der Waals surface area (Å²) in [6.07, 6.45) is 3.26. The first-order valence-corrected chi connectivity index (χ1v) is 7.68. The third-order valence-electron chi connectivity index (χ3n) is 4.04. The minimum absolute atomic E-state index is 0.379. The fourth-order valence-electron chi connectivity index (χ4n) is 2.82. The summed E-state index contributed by atoms with van der Waals surface area (Å²) in [5.41, 5.74) is 3.90. The van der Waals surface area contributed by atoms with Gasteiger partial charge in [-0.2, -0.15) is 0 Å². The second-order valence-corrected chi connectivity index (χ2v) is 5.21. The Morgan fingerprint density at radius 2 is 1.41 bits per heavy atom. The summed E-state index contributed by atoms with van der Waals surface area (Å²) in [5, 5.41) is 0. The SMILES string of the molecule is CC=C(c1ccc(OC)cc1)C(CC)c1ccc(OC)cc1. The summed E-state index contributed by atoms with van der Waals surface area (Å²) in [6.45, 7) is 4.33. The van der Waals surface area contributed by atoms with Gasteiger partial charge >= 0.3 is 0 Å². The van der Waals surface area contributed by atoms with Crippen molar-refractivity contribution < 1.29 is 9.47 Å². The lowest BCUT2D eigenvalue weighted by Crippen LogP contribution is -2.01. The quantitative estimate of drug-likeness (QED) is 0.720. The Bertz CT molecular complexity index is 609. The molecule has 0 spiro atoms. The predicted molar refractivity (Wildman–Crippen MR) is 92.7 cm³/mol. The molecule has 1 atom stereocenters. The van der Waals surface area contributed by atoms with Crippen LogP contribution in [0, 0.1) is 0 Å². The van der Waals surface area contributed by atoms with Crippen molar-refractivity contribution in [1.29, 1.82) is 0 Å². The molecular formula is C20H24O2. The van der Waals surface area contributed by atoms with Gasteiger partial charge in [-0.15, -0.1) is 0 Å². The molecule has 0 aliphatic rings. The van der Waals surface area contributed by atoms with E-state index in [-0.39, 0.29) is 0 Å². The van der Waals surface area contributed by atoms with Gasteiger partial charge in [0, 0.05) is 5.92 Å². The number of benzene rings is 2. The first-order chi connectivity index (χ1) is 10.7. The third-order valence-corrected chi connectivity index (χ3v) is 4.04. The minimum atomic E-state index is 0.379. The summed E-state index contributed by atoms with van der Waals surface area (Å²) in [7, 11) is 3.39. The highest BCUT2D eigenvalue weighted by molar-refractivity contribution is 5.71. The van der Waals surface area contributed by atoms with Crippen LogP contribution in [-0.4, -0.2) is 14.2 Å². The molecule has 0 aliphatic heterocycles. The van der Waals surface area contributed by atoms with Crippen LogP contribution in [0.25, 0.3) is 5.57 Å². The van der Waals surface area contributed by atoms with Gasteiger partial charge in [0.2, 0.25) is 0 Å². The molecule has 116 valence electrons. The highest BCUT2D eigenvalue weighted by Crippen LogP contribution is 2.35. The normalized spacial score (nSPS) is 12.8. The molecule has 0 heterocycles. The van der Waals surface area contributed by atoms with Crippen molar-refractivity contribution in [2.75, 3.05) is 14.2 Å². The fourth-order valence-corrected chi connectivity index (χ4v) is 2.82. The Labute approximate surface area is 133 Å². The number of allylic oxidation sites excluding steroid dienone is 2. The molecular weight excluding hydrogens is 272 g/mol. The summed E-state index contributed by atoms with van der Waals surface area (Å²) < 4.78 is 10.5. The van der Waals surface area contributed by atoms with E-state index < -0.39 is 0 Å². The van der Waals surface area contributed by atoms with E-state index in [9.17, 15) is 0 Å². The average molecular weight is 296 g/mol. The smallest absolute Gasteiger partial charge is 0.118 e. The molecule has 0 amide bonds. The van der Waals surface area contributed by atoms with E-state index in [0.29, 0.717) is 5.92 Å². The fraction of sp³-hybridized carbons (Fsp3) is 0.300. The maximum Gasteiger partial charge on any atom is 0.118 e. The van der Waals surface area contributed by atoms with Crippen LogP contribution < -0.4 is 9.47 Å². The topological polar surface area (TPSA) is 18.5 Å². The standard InChI is InChI=1S/C20H24O2/c1-5-19(15-7-11-17(21-3)12-8-15)20(6-2)16-9-13-18(22-4)14-10-16/h5,7-14,20H,6H2,1-4H3. The molecule has 1 unspecified atom stereocenters. The molecule has 0 aromatic heterocycles. The molecule has 0 radical (unpaired) electrons. The molecule has 0 fully saturated rings. The van der Waals surface area contributed by atoms with E-state index in [0.717, 1.165) is 17.9 Å². The summed E-state index contributed by atoms with van der Waals surface area (Å²) >= 11 is 0. The van der Waals surface area contributed by atoms with Crippen LogP contribution in [0.1, 0.15) is 37.3 Å². The highest BCUT2D eigenvalue weighted by Gasteiger charge is 2.16. The third kappa shape index (κ3) is 3.51. The predicted octanol–water partition coefficient (Wildman–Crippen LogP) is 5.30. The van der Waals surface area contributed by atoms with E-state index in [1.807, 2.05) is 24.3 Å². The van der Waals surface area contributed by atoms with Gasteiger partial charge in [0.25, 0.3) is 0 Å². The van der Waals surface area contributed by atoms with Crippen molar-refractivity contribution in [2.45, 2.75) is 26.2 Å². The van der Waals surface area contributed by atoms with Crippen LogP contribution in [0.4, 0.5) is 0 Å². The first kappa shape index (κ1) is 16.2. The van der Waals surface area contributed by atoms with Gasteiger partial charge in [-0.05, 0) is 54.3 Å². The second-order valence-electron chi connectivity index (χ2n) is 5.21. The maximum absolute atomic E-state index is 5.25. The zero-order valence-electron chi connectivity index (χ0n) is 13.8. The molecule has 2 nitrogen and oxygen atoms in total. The number of hydrogen-bond donors (Lipinski definition) is 0. The first-order valence-electron chi connectivity index (χ1n) is 7.68. The Balaban J connectivity index is 2.33. The molecule has 0 aliphatic carbocycles. The molecule has 2 aromatic rings. The van der Waals surface area contributed by atoms with Crippen molar-refractivity contribution in [2.24, 2.45) is 0 Å². The second kappa shape index (κ2) is 7.69. The van der Waals surface area contributed by atoms with Gasteiger partial charge in [-0.3, -0.25) is 0 Å².